The number of methoxy groups -OCH3 is 1. The molecule has 16 heteroatoms. The van der Waals surface area contributed by atoms with Gasteiger partial charge in [-0.3, -0.25) is 4.79 Å². The highest BCUT2D eigenvalue weighted by atomic mass is 32.1. The first-order chi connectivity index (χ1) is 19.5. The number of aryl methyl sites for hydroxylation is 2. The summed E-state index contributed by atoms with van der Waals surface area (Å²) >= 11 is 2.99. The van der Waals surface area contributed by atoms with E-state index in [-0.39, 0.29) is 31.1 Å². The van der Waals surface area contributed by atoms with E-state index in [1.54, 1.807) is 23.5 Å². The molecular formula is C25H23F3N8O3S2. The van der Waals surface area contributed by atoms with Gasteiger partial charge in [-0.15, -0.1) is 22.7 Å². The minimum Gasteiger partial charge on any atom is -0.467 e. The van der Waals surface area contributed by atoms with Crippen LogP contribution in [0, 0.1) is 13.8 Å². The molecule has 1 aliphatic heterocycles. The highest BCUT2D eigenvalue weighted by Gasteiger charge is 2.38. The van der Waals surface area contributed by atoms with Crippen LogP contribution < -0.4 is 10.2 Å². The van der Waals surface area contributed by atoms with Crippen LogP contribution in [0.5, 0.6) is 0 Å². The van der Waals surface area contributed by atoms with E-state index in [1.165, 1.54) is 34.4 Å². The maximum absolute atomic E-state index is 13.4. The van der Waals surface area contributed by atoms with Gasteiger partial charge in [-0.2, -0.15) is 13.2 Å². The largest absolute Gasteiger partial charge is 0.467 e. The fourth-order valence-corrected chi connectivity index (χ4v) is 5.91. The predicted octanol–water partition coefficient (Wildman–Crippen LogP) is 4.33. The second-order valence-corrected chi connectivity index (χ2v) is 11.1. The number of anilines is 3. The number of carbonyl (C=O) groups is 2. The van der Waals surface area contributed by atoms with Crippen LogP contribution in [0.2, 0.25) is 0 Å². The average molecular weight is 605 g/mol. The summed E-state index contributed by atoms with van der Waals surface area (Å²) in [5.74, 6) is -0.623. The molecule has 1 atom stereocenters. The molecule has 1 amide bonds. The van der Waals surface area contributed by atoms with Crippen molar-refractivity contribution in [3.63, 3.8) is 0 Å². The summed E-state index contributed by atoms with van der Waals surface area (Å²) < 4.78 is 43.5. The van der Waals surface area contributed by atoms with Crippen LogP contribution in [0.1, 0.15) is 26.6 Å². The fraction of sp³-hybridized carbons (Fsp3) is 0.320. The fourth-order valence-electron chi connectivity index (χ4n) is 4.25. The third-order valence-corrected chi connectivity index (χ3v) is 8.10. The van der Waals surface area contributed by atoms with E-state index in [4.69, 9.17) is 4.74 Å². The monoisotopic (exact) mass is 604 g/mol. The molecule has 1 saturated heterocycles. The minimum atomic E-state index is -4.57. The molecule has 1 unspecified atom stereocenters. The van der Waals surface area contributed by atoms with Crippen LogP contribution in [0.25, 0.3) is 10.6 Å². The first kappa shape index (κ1) is 28.4. The van der Waals surface area contributed by atoms with Gasteiger partial charge in [0, 0.05) is 37.1 Å². The van der Waals surface area contributed by atoms with E-state index in [1.807, 2.05) is 19.2 Å². The number of aromatic nitrogens is 5. The summed E-state index contributed by atoms with van der Waals surface area (Å²) in [5.41, 5.74) is 1.01. The molecule has 1 N–H and O–H groups in total. The van der Waals surface area contributed by atoms with E-state index < -0.39 is 29.7 Å². The molecule has 214 valence electrons. The maximum Gasteiger partial charge on any atom is 0.419 e. The third kappa shape index (κ3) is 6.12. The van der Waals surface area contributed by atoms with E-state index in [9.17, 15) is 22.8 Å². The summed E-state index contributed by atoms with van der Waals surface area (Å²) in [6.45, 7) is 4.11. The van der Waals surface area contributed by atoms with Crippen molar-refractivity contribution >= 4 is 51.4 Å². The van der Waals surface area contributed by atoms with Crippen LogP contribution >= 0.6 is 22.7 Å². The Labute approximate surface area is 240 Å². The number of hydrogen-bond acceptors (Lipinski definition) is 12. The van der Waals surface area contributed by atoms with E-state index in [0.717, 1.165) is 21.3 Å². The summed E-state index contributed by atoms with van der Waals surface area (Å²) in [5, 5.41) is 6.66. The predicted molar refractivity (Wildman–Crippen MR) is 146 cm³/mol. The molecule has 1 fully saturated rings. The van der Waals surface area contributed by atoms with Gasteiger partial charge in [0.2, 0.25) is 5.95 Å². The van der Waals surface area contributed by atoms with Gasteiger partial charge in [0.1, 0.15) is 11.9 Å². The van der Waals surface area contributed by atoms with Crippen molar-refractivity contribution in [2.45, 2.75) is 26.1 Å². The van der Waals surface area contributed by atoms with Gasteiger partial charge >= 0.3 is 12.1 Å². The minimum absolute atomic E-state index is 0.0158. The highest BCUT2D eigenvalue weighted by Crippen LogP contribution is 2.33. The number of nitrogens with one attached hydrogen (secondary N) is 1. The summed E-state index contributed by atoms with van der Waals surface area (Å²) in [4.78, 5) is 50.8. The second kappa shape index (κ2) is 11.4. The maximum atomic E-state index is 13.4. The number of esters is 1. The Hall–Kier alpha value is -4.18. The number of alkyl halides is 3. The Bertz CT molecular complexity index is 1560. The number of halogens is 3. The van der Waals surface area contributed by atoms with Gasteiger partial charge < -0.3 is 19.9 Å². The number of hydrogen-bond donors (Lipinski definition) is 1. The lowest BCUT2D eigenvalue weighted by molar-refractivity contribution is -0.146. The topological polar surface area (TPSA) is 126 Å². The number of nitrogens with zero attached hydrogens (tertiary/aromatic N) is 7. The van der Waals surface area contributed by atoms with Gasteiger partial charge in [0.15, 0.2) is 5.13 Å². The molecule has 0 spiro atoms. The zero-order chi connectivity index (χ0) is 29.3. The SMILES string of the molecule is COC(=O)C1CN(c2ncc(C(F)(F)F)cn2)CCN1C(=O)c1ccc(Nc2nc(-c3sc(C)nc3C)cs2)nc1. The van der Waals surface area contributed by atoms with Crippen molar-refractivity contribution in [1.29, 1.82) is 0 Å². The second-order valence-electron chi connectivity index (χ2n) is 9.00. The van der Waals surface area contributed by atoms with E-state index >= 15 is 0 Å². The zero-order valence-corrected chi connectivity index (χ0v) is 23.6. The zero-order valence-electron chi connectivity index (χ0n) is 22.0. The first-order valence-corrected chi connectivity index (χ1v) is 13.9. The molecule has 11 nitrogen and oxygen atoms in total. The number of carbonyl (C=O) groups excluding carboxylic acids is 2. The van der Waals surface area contributed by atoms with Crippen LogP contribution in [0.3, 0.4) is 0 Å². The van der Waals surface area contributed by atoms with Gasteiger partial charge in [-0.25, -0.2) is 29.7 Å². The molecule has 5 rings (SSSR count). The van der Waals surface area contributed by atoms with Crippen LogP contribution in [0.15, 0.2) is 36.1 Å². The van der Waals surface area contributed by atoms with Crippen molar-refractivity contribution in [3.05, 3.63) is 57.9 Å². The number of amides is 1. The first-order valence-electron chi connectivity index (χ1n) is 12.2. The summed E-state index contributed by atoms with van der Waals surface area (Å²) in [6, 6.07) is 2.19. The smallest absolute Gasteiger partial charge is 0.419 e. The molecular weight excluding hydrogens is 581 g/mol. The standard InChI is InChI=1S/C25H23F3N8O3S2/c1-13-20(41-14(2)32-13)17-12-40-24(33-17)34-19-5-4-15(8-29-19)21(37)36-7-6-35(11-18(36)22(38)39-3)23-30-9-16(10-31-23)25(26,27)28/h4-5,8-10,12,18H,6-7,11H2,1-3H3,(H,29,33,34). The van der Waals surface area contributed by atoms with Crippen LogP contribution in [-0.2, 0) is 15.7 Å². The molecule has 0 aliphatic carbocycles. The summed E-state index contributed by atoms with van der Waals surface area (Å²) in [6.07, 6.45) is -1.80. The number of ether oxygens (including phenoxy) is 1. The third-order valence-electron chi connectivity index (χ3n) is 6.25. The number of pyridine rings is 1. The molecule has 0 bridgehead atoms. The van der Waals surface area contributed by atoms with Gasteiger partial charge in [-0.05, 0) is 26.0 Å². The lowest BCUT2D eigenvalue weighted by Gasteiger charge is -2.39. The molecule has 1 aliphatic rings. The number of piperazine rings is 1. The molecule has 4 aromatic rings. The van der Waals surface area contributed by atoms with Crippen molar-refractivity contribution in [2.24, 2.45) is 0 Å². The molecule has 41 heavy (non-hydrogen) atoms. The Morgan fingerprint density at radius 1 is 1.07 bits per heavy atom. The van der Waals surface area contributed by atoms with Gasteiger partial charge in [0.05, 0.1) is 46.1 Å². The molecule has 0 radical (unpaired) electrons. The van der Waals surface area contributed by atoms with Crippen LogP contribution in [0.4, 0.5) is 30.1 Å². The van der Waals surface area contributed by atoms with E-state index in [2.05, 4.69) is 30.2 Å². The van der Waals surface area contributed by atoms with Gasteiger partial charge in [0.25, 0.3) is 5.91 Å². The lowest BCUT2D eigenvalue weighted by atomic mass is 10.1. The average Bonchev–Trinajstić information content (AvgIpc) is 3.56. The Morgan fingerprint density at radius 3 is 2.44 bits per heavy atom. The Balaban J connectivity index is 1.27. The Kier molecular flexibility index (Phi) is 7.86. The van der Waals surface area contributed by atoms with Crippen LogP contribution in [-0.4, -0.2) is 74.5 Å². The van der Waals surface area contributed by atoms with Crippen molar-refractivity contribution in [3.8, 4) is 10.6 Å². The van der Waals surface area contributed by atoms with E-state index in [0.29, 0.717) is 23.3 Å². The highest BCUT2D eigenvalue weighted by molar-refractivity contribution is 7.16. The van der Waals surface area contributed by atoms with Gasteiger partial charge in [-0.1, -0.05) is 0 Å². The summed E-state index contributed by atoms with van der Waals surface area (Å²) in [7, 11) is 1.20. The molecule has 5 heterocycles. The molecule has 0 aromatic carbocycles. The number of thiazole rings is 2. The lowest BCUT2D eigenvalue weighted by Crippen LogP contribution is -2.59. The molecule has 4 aromatic heterocycles. The quantitative estimate of drug-likeness (QED) is 0.318. The van der Waals surface area contributed by atoms with Crippen molar-refractivity contribution < 1.29 is 27.5 Å². The molecule has 0 saturated carbocycles. The van der Waals surface area contributed by atoms with Crippen molar-refractivity contribution in [1.82, 2.24) is 29.8 Å². The van der Waals surface area contributed by atoms with Crippen molar-refractivity contribution in [2.75, 3.05) is 37.0 Å². The Morgan fingerprint density at radius 2 is 1.83 bits per heavy atom. The normalized spacial score (nSPS) is 15.6. The number of rotatable bonds is 6.